The van der Waals surface area contributed by atoms with Gasteiger partial charge < -0.3 is 9.47 Å². The Hall–Kier alpha value is -1.62. The maximum atomic E-state index is 12.5. The third-order valence-electron chi connectivity index (χ3n) is 3.28. The van der Waals surface area contributed by atoms with Crippen LogP contribution in [-0.2, 0) is 13.5 Å². The van der Waals surface area contributed by atoms with Crippen LogP contribution in [0.3, 0.4) is 0 Å². The van der Waals surface area contributed by atoms with Crippen molar-refractivity contribution >= 4 is 17.2 Å². The molecule has 2 rings (SSSR count). The lowest BCUT2D eigenvalue weighted by Crippen LogP contribution is -2.40. The molecular weight excluding hydrogens is 258 g/mol. The summed E-state index contributed by atoms with van der Waals surface area (Å²) < 4.78 is 1.77. The number of aryl methyl sites for hydroxylation is 1. The fourth-order valence-electron chi connectivity index (χ4n) is 2.23. The number of aromatic nitrogens is 2. The minimum atomic E-state index is 0.0465. The van der Waals surface area contributed by atoms with Crippen LogP contribution >= 0.6 is 11.3 Å². The first-order valence-corrected chi connectivity index (χ1v) is 7.36. The molecule has 0 bridgehead atoms. The molecule has 0 aliphatic heterocycles. The van der Waals surface area contributed by atoms with Gasteiger partial charge in [-0.1, -0.05) is 0 Å². The van der Waals surface area contributed by atoms with Crippen molar-refractivity contribution < 1.29 is 4.79 Å². The van der Waals surface area contributed by atoms with Gasteiger partial charge in [-0.25, -0.2) is 4.98 Å². The van der Waals surface area contributed by atoms with Crippen molar-refractivity contribution in [2.45, 2.75) is 26.3 Å². The summed E-state index contributed by atoms with van der Waals surface area (Å²) in [5, 5.41) is 4.21. The predicted octanol–water partition coefficient (Wildman–Crippen LogP) is 2.57. The third-order valence-corrected chi connectivity index (χ3v) is 4.01. The molecule has 0 N–H and O–H groups in total. The van der Waals surface area contributed by atoms with Crippen LogP contribution in [0.2, 0.25) is 0 Å². The first-order chi connectivity index (χ1) is 9.13. The van der Waals surface area contributed by atoms with Gasteiger partial charge in [-0.3, -0.25) is 4.79 Å². The quantitative estimate of drug-likeness (QED) is 0.842. The van der Waals surface area contributed by atoms with Crippen LogP contribution in [0.4, 0.5) is 0 Å². The van der Waals surface area contributed by atoms with Gasteiger partial charge in [0, 0.05) is 19.6 Å². The van der Waals surface area contributed by atoms with Gasteiger partial charge >= 0.3 is 0 Å². The van der Waals surface area contributed by atoms with E-state index in [0.717, 1.165) is 6.42 Å². The van der Waals surface area contributed by atoms with E-state index in [2.05, 4.69) is 28.7 Å². The standard InChI is InChI=1S/C14H19N3OS/c1-4-17(11(2)7-12-5-6-19-9-12)14(18)13-8-15-10-16(13)3/h5-6,8-11H,4,7H2,1-3H3/t11-/m0/s1. The van der Waals surface area contributed by atoms with E-state index in [-0.39, 0.29) is 11.9 Å². The van der Waals surface area contributed by atoms with Gasteiger partial charge in [0.05, 0.1) is 12.5 Å². The molecule has 0 spiro atoms. The lowest BCUT2D eigenvalue weighted by atomic mass is 10.1. The number of amides is 1. The van der Waals surface area contributed by atoms with E-state index >= 15 is 0 Å². The Balaban J connectivity index is 2.11. The summed E-state index contributed by atoms with van der Waals surface area (Å²) in [7, 11) is 1.84. The Kier molecular flexibility index (Phi) is 4.37. The second kappa shape index (κ2) is 6.02. The average Bonchev–Trinajstić information content (AvgIpc) is 3.01. The van der Waals surface area contributed by atoms with E-state index in [1.807, 2.05) is 18.9 Å². The molecule has 0 aliphatic carbocycles. The zero-order valence-corrected chi connectivity index (χ0v) is 12.4. The van der Waals surface area contributed by atoms with Crippen molar-refractivity contribution in [2.24, 2.45) is 7.05 Å². The Morgan fingerprint density at radius 1 is 1.58 bits per heavy atom. The monoisotopic (exact) mass is 277 g/mol. The Labute approximate surface area is 117 Å². The molecule has 0 radical (unpaired) electrons. The molecule has 0 unspecified atom stereocenters. The van der Waals surface area contributed by atoms with Crippen molar-refractivity contribution in [2.75, 3.05) is 6.54 Å². The predicted molar refractivity (Wildman–Crippen MR) is 77.4 cm³/mol. The van der Waals surface area contributed by atoms with E-state index in [4.69, 9.17) is 0 Å². The lowest BCUT2D eigenvalue weighted by molar-refractivity contribution is 0.0693. The van der Waals surface area contributed by atoms with Crippen LogP contribution in [0, 0.1) is 0 Å². The molecule has 0 aliphatic rings. The SMILES string of the molecule is CCN(C(=O)c1cncn1C)[C@@H](C)Cc1ccsc1. The van der Waals surface area contributed by atoms with Gasteiger partial charge in [-0.15, -0.1) is 0 Å². The van der Waals surface area contributed by atoms with Crippen molar-refractivity contribution in [1.82, 2.24) is 14.5 Å². The smallest absolute Gasteiger partial charge is 0.272 e. The number of thiophene rings is 1. The first-order valence-electron chi connectivity index (χ1n) is 6.41. The van der Waals surface area contributed by atoms with Crippen molar-refractivity contribution in [3.8, 4) is 0 Å². The number of hydrogen-bond acceptors (Lipinski definition) is 3. The largest absolute Gasteiger partial charge is 0.335 e. The minimum absolute atomic E-state index is 0.0465. The third kappa shape index (κ3) is 3.04. The summed E-state index contributed by atoms with van der Waals surface area (Å²) in [6.07, 6.45) is 4.17. The molecular formula is C14H19N3OS. The molecule has 2 heterocycles. The highest BCUT2D eigenvalue weighted by atomic mass is 32.1. The number of likely N-dealkylation sites (N-methyl/N-ethyl adjacent to an activating group) is 1. The number of rotatable bonds is 5. The zero-order chi connectivity index (χ0) is 13.8. The summed E-state index contributed by atoms with van der Waals surface area (Å²) in [4.78, 5) is 18.4. The van der Waals surface area contributed by atoms with E-state index in [9.17, 15) is 4.79 Å². The average molecular weight is 277 g/mol. The normalized spacial score (nSPS) is 12.4. The van der Waals surface area contributed by atoms with Gasteiger partial charge in [0.15, 0.2) is 0 Å². The topological polar surface area (TPSA) is 38.1 Å². The van der Waals surface area contributed by atoms with Gasteiger partial charge in [0.1, 0.15) is 5.69 Å². The maximum absolute atomic E-state index is 12.5. The van der Waals surface area contributed by atoms with E-state index in [1.165, 1.54) is 5.56 Å². The highest BCUT2D eigenvalue weighted by molar-refractivity contribution is 7.07. The zero-order valence-electron chi connectivity index (χ0n) is 11.5. The van der Waals surface area contributed by atoms with Gasteiger partial charge in [0.25, 0.3) is 5.91 Å². The van der Waals surface area contributed by atoms with E-state index in [0.29, 0.717) is 12.2 Å². The minimum Gasteiger partial charge on any atom is -0.335 e. The molecule has 0 saturated carbocycles. The molecule has 0 aromatic carbocycles. The first kappa shape index (κ1) is 13.8. The van der Waals surface area contributed by atoms with Gasteiger partial charge in [-0.05, 0) is 42.7 Å². The van der Waals surface area contributed by atoms with Crippen molar-refractivity contribution in [3.05, 3.63) is 40.6 Å². The van der Waals surface area contributed by atoms with Crippen LogP contribution in [-0.4, -0.2) is 32.9 Å². The fraction of sp³-hybridized carbons (Fsp3) is 0.429. The molecule has 2 aromatic rings. The lowest BCUT2D eigenvalue weighted by Gasteiger charge is -2.28. The number of imidazole rings is 1. The summed E-state index contributed by atoms with van der Waals surface area (Å²) in [5.74, 6) is 0.0465. The van der Waals surface area contributed by atoms with Crippen molar-refractivity contribution in [3.63, 3.8) is 0 Å². The summed E-state index contributed by atoms with van der Waals surface area (Å²) in [5.41, 5.74) is 1.92. The molecule has 1 amide bonds. The fourth-order valence-corrected chi connectivity index (χ4v) is 2.91. The number of nitrogens with zero attached hydrogens (tertiary/aromatic N) is 3. The molecule has 0 saturated heterocycles. The second-order valence-electron chi connectivity index (χ2n) is 4.67. The number of hydrogen-bond donors (Lipinski definition) is 0. The Morgan fingerprint density at radius 3 is 2.89 bits per heavy atom. The highest BCUT2D eigenvalue weighted by Crippen LogP contribution is 2.14. The molecule has 1 atom stereocenters. The van der Waals surface area contributed by atoms with Crippen LogP contribution in [0.1, 0.15) is 29.9 Å². The molecule has 5 heteroatoms. The number of carbonyl (C=O) groups excluding carboxylic acids is 1. The molecule has 19 heavy (non-hydrogen) atoms. The van der Waals surface area contributed by atoms with Crippen LogP contribution < -0.4 is 0 Å². The number of carbonyl (C=O) groups is 1. The summed E-state index contributed by atoms with van der Waals surface area (Å²) >= 11 is 1.69. The highest BCUT2D eigenvalue weighted by Gasteiger charge is 2.22. The Bertz CT molecular complexity index is 533. The molecule has 102 valence electrons. The van der Waals surface area contributed by atoms with Crippen LogP contribution in [0.25, 0.3) is 0 Å². The molecule has 4 nitrogen and oxygen atoms in total. The molecule has 2 aromatic heterocycles. The Morgan fingerprint density at radius 2 is 2.37 bits per heavy atom. The van der Waals surface area contributed by atoms with Gasteiger partial charge in [-0.2, -0.15) is 11.3 Å². The molecule has 0 fully saturated rings. The van der Waals surface area contributed by atoms with Crippen LogP contribution in [0.5, 0.6) is 0 Å². The maximum Gasteiger partial charge on any atom is 0.272 e. The van der Waals surface area contributed by atoms with Gasteiger partial charge in [0.2, 0.25) is 0 Å². The second-order valence-corrected chi connectivity index (χ2v) is 5.45. The summed E-state index contributed by atoms with van der Waals surface area (Å²) in [6, 6.07) is 2.30. The van der Waals surface area contributed by atoms with E-state index in [1.54, 1.807) is 28.4 Å². The van der Waals surface area contributed by atoms with E-state index < -0.39 is 0 Å². The van der Waals surface area contributed by atoms with Crippen LogP contribution in [0.15, 0.2) is 29.4 Å². The summed E-state index contributed by atoms with van der Waals surface area (Å²) in [6.45, 7) is 4.81. The van der Waals surface area contributed by atoms with Crippen molar-refractivity contribution in [1.29, 1.82) is 0 Å².